The molecule has 254 valence electrons. The number of ether oxygens (including phenoxy) is 1. The quantitative estimate of drug-likeness (QED) is 0.178. The van der Waals surface area contributed by atoms with Crippen molar-refractivity contribution in [3.63, 3.8) is 0 Å². The molecule has 0 amide bonds. The number of hydrogen-bond acceptors (Lipinski definition) is 1. The summed E-state index contributed by atoms with van der Waals surface area (Å²) in [5.41, 5.74) is 12.8. The molecule has 1 heterocycles. The Morgan fingerprint density at radius 3 is 1.76 bits per heavy atom. The van der Waals surface area contributed by atoms with Gasteiger partial charge in [-0.2, -0.15) is 0 Å². The van der Waals surface area contributed by atoms with Crippen LogP contribution in [-0.2, 0) is 5.41 Å². The highest BCUT2D eigenvalue weighted by Gasteiger charge is 2.36. The lowest BCUT2D eigenvalue weighted by atomic mass is 9.81. The Kier molecular flexibility index (Phi) is 6.02. The van der Waals surface area contributed by atoms with E-state index in [-0.39, 0.29) is 23.5 Å². The highest BCUT2D eigenvalue weighted by molar-refractivity contribution is 6.10. The molecule has 1 aliphatic carbocycles. The molecule has 0 radical (unpaired) electrons. The maximum atomic E-state index is 10.00. The standard InChI is InChI=1S/C53H36O/c1-53(2)48-32-38(20-22-43(48)46-29-35-16-9-10-17-36(35)31-49(46)53)40-26-39(34-14-7-4-8-15-34)27-41(28-40)42-23-25-51-52-44(42)18-11-19-45(52)47-30-37(21-24-50(47)54-51)33-12-5-3-6-13-33/h3-32H,1-2H3/i26D,27D,28D. The van der Waals surface area contributed by atoms with Crippen LogP contribution < -0.4 is 4.74 Å². The summed E-state index contributed by atoms with van der Waals surface area (Å²) in [6.07, 6.45) is 0. The summed E-state index contributed by atoms with van der Waals surface area (Å²) in [4.78, 5) is 0. The molecule has 1 aliphatic heterocycles. The Balaban J connectivity index is 1.14. The first-order chi connectivity index (χ1) is 27.8. The van der Waals surface area contributed by atoms with Gasteiger partial charge in [0.25, 0.3) is 0 Å². The van der Waals surface area contributed by atoms with Gasteiger partial charge in [-0.05, 0) is 143 Å². The van der Waals surface area contributed by atoms with Crippen LogP contribution in [0.2, 0.25) is 0 Å². The van der Waals surface area contributed by atoms with Crippen LogP contribution in [0, 0.1) is 0 Å². The maximum Gasteiger partial charge on any atom is 0.135 e. The topological polar surface area (TPSA) is 9.23 Å². The zero-order chi connectivity index (χ0) is 38.6. The summed E-state index contributed by atoms with van der Waals surface area (Å²) in [5.74, 6) is 1.54. The van der Waals surface area contributed by atoms with E-state index in [4.69, 9.17) is 4.74 Å². The molecule has 0 atom stereocenters. The van der Waals surface area contributed by atoms with Crippen molar-refractivity contribution >= 4 is 21.5 Å². The van der Waals surface area contributed by atoms with Crippen LogP contribution in [0.5, 0.6) is 11.5 Å². The van der Waals surface area contributed by atoms with Crippen LogP contribution in [-0.4, -0.2) is 0 Å². The van der Waals surface area contributed by atoms with E-state index >= 15 is 0 Å². The van der Waals surface area contributed by atoms with E-state index in [9.17, 15) is 4.11 Å². The van der Waals surface area contributed by atoms with Gasteiger partial charge in [0.1, 0.15) is 11.5 Å². The van der Waals surface area contributed by atoms with Gasteiger partial charge in [0.15, 0.2) is 0 Å². The lowest BCUT2D eigenvalue weighted by Gasteiger charge is -2.24. The summed E-state index contributed by atoms with van der Waals surface area (Å²) in [7, 11) is 0. The van der Waals surface area contributed by atoms with Gasteiger partial charge >= 0.3 is 0 Å². The maximum absolute atomic E-state index is 10.00. The van der Waals surface area contributed by atoms with E-state index in [0.29, 0.717) is 16.7 Å². The first kappa shape index (κ1) is 27.9. The molecular formula is C53H36O. The van der Waals surface area contributed by atoms with Gasteiger partial charge < -0.3 is 4.74 Å². The molecular weight excluding hydrogens is 653 g/mol. The van der Waals surface area contributed by atoms with Gasteiger partial charge in [-0.3, -0.25) is 0 Å². The predicted molar refractivity (Wildman–Crippen MR) is 226 cm³/mol. The Bertz CT molecular complexity index is 3150. The van der Waals surface area contributed by atoms with Crippen LogP contribution in [0.25, 0.3) is 88.3 Å². The third-order valence-electron chi connectivity index (χ3n) is 11.5. The van der Waals surface area contributed by atoms with Crippen molar-refractivity contribution in [2.75, 3.05) is 0 Å². The average molecular weight is 692 g/mol. The second-order valence-electron chi connectivity index (χ2n) is 15.0. The minimum atomic E-state index is -0.289. The molecule has 2 aliphatic rings. The van der Waals surface area contributed by atoms with Crippen molar-refractivity contribution in [2.24, 2.45) is 0 Å². The summed E-state index contributed by atoms with van der Waals surface area (Å²) < 4.78 is 36.2. The molecule has 9 aromatic carbocycles. The lowest BCUT2D eigenvalue weighted by Crippen LogP contribution is -2.15. The van der Waals surface area contributed by atoms with E-state index in [1.807, 2.05) is 54.6 Å². The van der Waals surface area contributed by atoms with Crippen LogP contribution in [0.3, 0.4) is 0 Å². The molecule has 0 aromatic heterocycles. The van der Waals surface area contributed by atoms with Crippen molar-refractivity contribution in [1.82, 2.24) is 0 Å². The van der Waals surface area contributed by atoms with Gasteiger partial charge in [-0.1, -0.05) is 141 Å². The summed E-state index contributed by atoms with van der Waals surface area (Å²) in [6, 6.07) is 56.8. The van der Waals surface area contributed by atoms with E-state index in [1.165, 1.54) is 33.0 Å². The van der Waals surface area contributed by atoms with Crippen LogP contribution in [0.4, 0.5) is 0 Å². The first-order valence-electron chi connectivity index (χ1n) is 20.1. The fraction of sp³-hybridized carbons (Fsp3) is 0.0566. The molecule has 0 fully saturated rings. The highest BCUT2D eigenvalue weighted by Crippen LogP contribution is 2.52. The minimum Gasteiger partial charge on any atom is -0.456 e. The number of benzene rings is 9. The molecule has 0 saturated carbocycles. The van der Waals surface area contributed by atoms with E-state index in [2.05, 4.69) is 123 Å². The molecule has 9 aromatic rings. The van der Waals surface area contributed by atoms with Gasteiger partial charge in [0, 0.05) is 16.4 Å². The molecule has 0 bridgehead atoms. The normalized spacial score (nSPS) is 14.1. The van der Waals surface area contributed by atoms with Crippen molar-refractivity contribution in [3.8, 4) is 78.3 Å². The molecule has 54 heavy (non-hydrogen) atoms. The molecule has 0 spiro atoms. The summed E-state index contributed by atoms with van der Waals surface area (Å²) >= 11 is 0. The van der Waals surface area contributed by atoms with Crippen molar-refractivity contribution in [3.05, 3.63) is 193 Å². The molecule has 0 N–H and O–H groups in total. The van der Waals surface area contributed by atoms with Crippen LogP contribution >= 0.6 is 0 Å². The largest absolute Gasteiger partial charge is 0.456 e. The SMILES string of the molecule is [2H]c1c(-c2ccccc2)c([2H])c(-c2ccc3c4c(cccc24)-c2cc(-c4ccccc4)ccc2O3)c([2H])c1-c1ccc2c(c1)C(C)(C)c1cc3ccccc3cc1-2. The zero-order valence-electron chi connectivity index (χ0n) is 33.0. The number of hydrogen-bond donors (Lipinski definition) is 0. The Morgan fingerprint density at radius 1 is 0.389 bits per heavy atom. The second kappa shape index (κ2) is 11.7. The number of fused-ring (bicyclic) bond motifs is 6. The molecule has 0 unspecified atom stereocenters. The Labute approximate surface area is 320 Å². The van der Waals surface area contributed by atoms with Gasteiger partial charge in [0.2, 0.25) is 0 Å². The fourth-order valence-electron chi connectivity index (χ4n) is 8.73. The van der Waals surface area contributed by atoms with E-state index in [0.717, 1.165) is 61.2 Å². The molecule has 1 nitrogen and oxygen atoms in total. The van der Waals surface area contributed by atoms with Gasteiger partial charge in [-0.25, -0.2) is 0 Å². The Hall–Kier alpha value is -6.70. The summed E-state index contributed by atoms with van der Waals surface area (Å²) in [6.45, 7) is 4.54. The second-order valence-corrected chi connectivity index (χ2v) is 15.0. The first-order valence-corrected chi connectivity index (χ1v) is 18.6. The number of rotatable bonds is 4. The third kappa shape index (κ3) is 4.72. The Morgan fingerprint density at radius 2 is 0.981 bits per heavy atom. The monoisotopic (exact) mass is 691 g/mol. The van der Waals surface area contributed by atoms with Gasteiger partial charge in [-0.15, -0.1) is 0 Å². The van der Waals surface area contributed by atoms with Crippen molar-refractivity contribution < 1.29 is 8.85 Å². The summed E-state index contributed by atoms with van der Waals surface area (Å²) in [5, 5.41) is 4.28. The third-order valence-corrected chi connectivity index (χ3v) is 11.5. The highest BCUT2D eigenvalue weighted by atomic mass is 16.5. The van der Waals surface area contributed by atoms with E-state index in [1.54, 1.807) is 0 Å². The molecule has 1 heteroatoms. The van der Waals surface area contributed by atoms with Crippen molar-refractivity contribution in [2.45, 2.75) is 19.3 Å². The van der Waals surface area contributed by atoms with Crippen molar-refractivity contribution in [1.29, 1.82) is 0 Å². The van der Waals surface area contributed by atoms with Gasteiger partial charge in [0.05, 0.1) is 4.11 Å². The van der Waals surface area contributed by atoms with Crippen LogP contribution in [0.15, 0.2) is 182 Å². The van der Waals surface area contributed by atoms with Crippen LogP contribution in [0.1, 0.15) is 29.1 Å². The zero-order valence-corrected chi connectivity index (χ0v) is 30.0. The molecule has 11 rings (SSSR count). The predicted octanol–water partition coefficient (Wildman–Crippen LogP) is 14.7. The minimum absolute atomic E-state index is 0.171. The lowest BCUT2D eigenvalue weighted by molar-refractivity contribution is 0.487. The van der Waals surface area contributed by atoms with E-state index < -0.39 is 0 Å². The smallest absolute Gasteiger partial charge is 0.135 e. The average Bonchev–Trinajstić information content (AvgIpc) is 3.45. The fourth-order valence-corrected chi connectivity index (χ4v) is 8.73. The molecule has 0 saturated heterocycles.